The normalized spacial score (nSPS) is 30.4. The van der Waals surface area contributed by atoms with E-state index in [1.165, 1.54) is 0 Å². The van der Waals surface area contributed by atoms with Gasteiger partial charge in [0.1, 0.15) is 0 Å². The van der Waals surface area contributed by atoms with Crippen molar-refractivity contribution in [3.63, 3.8) is 0 Å². The summed E-state index contributed by atoms with van der Waals surface area (Å²) >= 11 is 0. The first-order chi connectivity index (χ1) is 6.21. The van der Waals surface area contributed by atoms with Gasteiger partial charge < -0.3 is 4.74 Å². The standard InChI is InChI=1S/C10H17F3O/c1-9(2,3)7-4-5-14-8(6-7)10(11,12)13/h7-8H,4-6H2,1-3H3. The Bertz CT molecular complexity index is 173. The minimum Gasteiger partial charge on any atom is -0.369 e. The van der Waals surface area contributed by atoms with Crippen molar-refractivity contribution in [3.05, 3.63) is 0 Å². The lowest BCUT2D eigenvalue weighted by atomic mass is 9.75. The predicted octanol–water partition coefficient (Wildman–Crippen LogP) is 3.39. The zero-order chi connectivity index (χ0) is 11.0. The molecule has 0 aromatic carbocycles. The van der Waals surface area contributed by atoms with E-state index in [1.54, 1.807) is 0 Å². The summed E-state index contributed by atoms with van der Waals surface area (Å²) in [5.74, 6) is 0.0999. The molecule has 2 unspecified atom stereocenters. The molecule has 0 aliphatic carbocycles. The first-order valence-electron chi connectivity index (χ1n) is 4.89. The van der Waals surface area contributed by atoms with Gasteiger partial charge in [0.05, 0.1) is 0 Å². The maximum atomic E-state index is 12.4. The minimum absolute atomic E-state index is 0.0622. The number of hydrogen-bond donors (Lipinski definition) is 0. The van der Waals surface area contributed by atoms with Gasteiger partial charge in [-0.2, -0.15) is 13.2 Å². The van der Waals surface area contributed by atoms with Crippen LogP contribution in [0.2, 0.25) is 0 Å². The molecule has 0 amide bonds. The molecule has 0 bridgehead atoms. The lowest BCUT2D eigenvalue weighted by molar-refractivity contribution is -0.239. The van der Waals surface area contributed by atoms with E-state index < -0.39 is 12.3 Å². The lowest BCUT2D eigenvalue weighted by Crippen LogP contribution is -2.41. The van der Waals surface area contributed by atoms with Gasteiger partial charge in [-0.3, -0.25) is 0 Å². The van der Waals surface area contributed by atoms with Crippen molar-refractivity contribution < 1.29 is 17.9 Å². The summed E-state index contributed by atoms with van der Waals surface area (Å²) < 4.78 is 41.9. The second-order valence-corrected chi connectivity index (χ2v) is 4.99. The first kappa shape index (κ1) is 11.8. The highest BCUT2D eigenvalue weighted by Gasteiger charge is 2.45. The molecule has 0 spiro atoms. The highest BCUT2D eigenvalue weighted by atomic mass is 19.4. The average Bonchev–Trinajstić information content (AvgIpc) is 2.01. The van der Waals surface area contributed by atoms with Crippen molar-refractivity contribution in [3.8, 4) is 0 Å². The molecule has 1 aliphatic heterocycles. The fraction of sp³-hybridized carbons (Fsp3) is 1.00. The Morgan fingerprint density at radius 2 is 1.71 bits per heavy atom. The molecule has 0 radical (unpaired) electrons. The van der Waals surface area contributed by atoms with Crippen LogP contribution in [0.15, 0.2) is 0 Å². The van der Waals surface area contributed by atoms with Gasteiger partial charge in [-0.15, -0.1) is 0 Å². The number of halogens is 3. The number of ether oxygens (including phenoxy) is 1. The fourth-order valence-corrected chi connectivity index (χ4v) is 1.81. The summed E-state index contributed by atoms with van der Waals surface area (Å²) in [4.78, 5) is 0. The number of rotatable bonds is 0. The largest absolute Gasteiger partial charge is 0.414 e. The zero-order valence-electron chi connectivity index (χ0n) is 8.82. The van der Waals surface area contributed by atoms with Crippen LogP contribution in [-0.4, -0.2) is 18.9 Å². The first-order valence-corrected chi connectivity index (χ1v) is 4.89. The van der Waals surface area contributed by atoms with Crippen molar-refractivity contribution in [2.75, 3.05) is 6.61 Å². The van der Waals surface area contributed by atoms with Gasteiger partial charge >= 0.3 is 6.18 Å². The summed E-state index contributed by atoms with van der Waals surface area (Å²) in [6, 6.07) is 0. The smallest absolute Gasteiger partial charge is 0.369 e. The number of hydrogen-bond acceptors (Lipinski definition) is 1. The topological polar surface area (TPSA) is 9.23 Å². The Kier molecular flexibility index (Phi) is 3.14. The third-order valence-corrected chi connectivity index (χ3v) is 2.87. The van der Waals surface area contributed by atoms with Crippen molar-refractivity contribution in [2.45, 2.75) is 45.9 Å². The highest BCUT2D eigenvalue weighted by Crippen LogP contribution is 2.40. The number of alkyl halides is 3. The molecule has 1 rings (SSSR count). The summed E-state index contributed by atoms with van der Waals surface area (Å²) in [7, 11) is 0. The van der Waals surface area contributed by atoms with Crippen LogP contribution in [0.1, 0.15) is 33.6 Å². The predicted molar refractivity (Wildman–Crippen MR) is 48.0 cm³/mol. The Morgan fingerprint density at radius 1 is 1.14 bits per heavy atom. The summed E-state index contributed by atoms with van der Waals surface area (Å²) in [5.41, 5.74) is -0.0622. The van der Waals surface area contributed by atoms with E-state index in [0.717, 1.165) is 6.42 Å². The van der Waals surface area contributed by atoms with Crippen LogP contribution in [0, 0.1) is 11.3 Å². The van der Waals surface area contributed by atoms with Crippen molar-refractivity contribution in [1.29, 1.82) is 0 Å². The molecular weight excluding hydrogens is 193 g/mol. The second-order valence-electron chi connectivity index (χ2n) is 4.99. The van der Waals surface area contributed by atoms with Crippen LogP contribution in [-0.2, 0) is 4.74 Å². The van der Waals surface area contributed by atoms with E-state index in [4.69, 9.17) is 4.74 Å². The zero-order valence-corrected chi connectivity index (χ0v) is 8.82. The summed E-state index contributed by atoms with van der Waals surface area (Å²) in [6.07, 6.45) is -4.92. The van der Waals surface area contributed by atoms with Crippen molar-refractivity contribution in [1.82, 2.24) is 0 Å². The fourth-order valence-electron chi connectivity index (χ4n) is 1.81. The van der Waals surface area contributed by atoms with Gasteiger partial charge in [-0.05, 0) is 24.2 Å². The lowest BCUT2D eigenvalue weighted by Gasteiger charge is -2.38. The molecule has 0 aromatic heterocycles. The van der Waals surface area contributed by atoms with Crippen molar-refractivity contribution >= 4 is 0 Å². The maximum absolute atomic E-state index is 12.4. The van der Waals surface area contributed by atoms with Crippen LogP contribution in [0.25, 0.3) is 0 Å². The van der Waals surface area contributed by atoms with Gasteiger partial charge in [0, 0.05) is 6.61 Å². The van der Waals surface area contributed by atoms with E-state index in [1.807, 2.05) is 20.8 Å². The molecule has 84 valence electrons. The van der Waals surface area contributed by atoms with Gasteiger partial charge in [0.25, 0.3) is 0 Å². The van der Waals surface area contributed by atoms with Gasteiger partial charge in [0.15, 0.2) is 6.10 Å². The highest BCUT2D eigenvalue weighted by molar-refractivity contribution is 4.83. The summed E-state index contributed by atoms with van der Waals surface area (Å²) in [6.45, 7) is 6.18. The Labute approximate surface area is 82.6 Å². The molecule has 4 heteroatoms. The molecule has 0 N–H and O–H groups in total. The molecule has 1 aliphatic rings. The van der Waals surface area contributed by atoms with Crippen LogP contribution in [0.3, 0.4) is 0 Å². The van der Waals surface area contributed by atoms with E-state index >= 15 is 0 Å². The Morgan fingerprint density at radius 3 is 2.14 bits per heavy atom. The molecule has 1 saturated heterocycles. The molecule has 0 aromatic rings. The van der Waals surface area contributed by atoms with E-state index in [-0.39, 0.29) is 24.4 Å². The summed E-state index contributed by atoms with van der Waals surface area (Å²) in [5, 5.41) is 0. The minimum atomic E-state index is -4.20. The quantitative estimate of drug-likeness (QED) is 0.595. The van der Waals surface area contributed by atoms with E-state index in [0.29, 0.717) is 0 Å². The van der Waals surface area contributed by atoms with E-state index in [9.17, 15) is 13.2 Å². The van der Waals surface area contributed by atoms with E-state index in [2.05, 4.69) is 0 Å². The molecule has 14 heavy (non-hydrogen) atoms. The van der Waals surface area contributed by atoms with Gasteiger partial charge in [-0.1, -0.05) is 20.8 Å². The van der Waals surface area contributed by atoms with Crippen LogP contribution >= 0.6 is 0 Å². The molecule has 2 atom stereocenters. The molecule has 1 heterocycles. The van der Waals surface area contributed by atoms with Crippen LogP contribution < -0.4 is 0 Å². The maximum Gasteiger partial charge on any atom is 0.414 e. The SMILES string of the molecule is CC(C)(C)C1CCOC(C(F)(F)F)C1. The Hall–Kier alpha value is -0.250. The average molecular weight is 210 g/mol. The van der Waals surface area contributed by atoms with Crippen LogP contribution in [0.4, 0.5) is 13.2 Å². The molecule has 0 saturated carbocycles. The van der Waals surface area contributed by atoms with Crippen LogP contribution in [0.5, 0.6) is 0 Å². The molecule has 1 fully saturated rings. The third kappa shape index (κ3) is 2.87. The monoisotopic (exact) mass is 210 g/mol. The van der Waals surface area contributed by atoms with Crippen molar-refractivity contribution in [2.24, 2.45) is 11.3 Å². The second kappa shape index (κ2) is 3.72. The van der Waals surface area contributed by atoms with Gasteiger partial charge in [0.2, 0.25) is 0 Å². The molecular formula is C10H17F3O. The van der Waals surface area contributed by atoms with Gasteiger partial charge in [-0.25, -0.2) is 0 Å². The Balaban J connectivity index is 2.61. The molecule has 1 nitrogen and oxygen atoms in total. The third-order valence-electron chi connectivity index (χ3n) is 2.87.